The molecule has 0 spiro atoms. The van der Waals surface area contributed by atoms with Crippen LogP contribution in [0.2, 0.25) is 0 Å². The third-order valence-corrected chi connectivity index (χ3v) is 5.60. The summed E-state index contributed by atoms with van der Waals surface area (Å²) in [5.74, 6) is -0.0455. The minimum Gasteiger partial charge on any atom is -0.463 e. The number of esters is 1. The van der Waals surface area contributed by atoms with Crippen molar-refractivity contribution in [2.75, 3.05) is 17.7 Å². The monoisotopic (exact) mass is 444 g/mol. The SMILES string of the molecule is CCOC(=O)/C=C/c1ccc(NC(=O)CSc2nnc(-c3sc(C)nc3C)o2)cc1. The zero-order valence-corrected chi connectivity index (χ0v) is 18.3. The first-order valence-corrected chi connectivity index (χ1v) is 10.9. The van der Waals surface area contributed by atoms with Gasteiger partial charge in [0, 0.05) is 11.8 Å². The van der Waals surface area contributed by atoms with Gasteiger partial charge in [-0.05, 0) is 44.5 Å². The lowest BCUT2D eigenvalue weighted by molar-refractivity contribution is -0.137. The Morgan fingerprint density at radius 2 is 2.00 bits per heavy atom. The number of ether oxygens (including phenoxy) is 1. The van der Waals surface area contributed by atoms with Crippen LogP contribution < -0.4 is 5.32 Å². The minimum atomic E-state index is -0.392. The number of nitrogens with one attached hydrogen (secondary N) is 1. The van der Waals surface area contributed by atoms with Crippen LogP contribution in [0.5, 0.6) is 0 Å². The summed E-state index contributed by atoms with van der Waals surface area (Å²) in [6, 6.07) is 7.10. The highest BCUT2D eigenvalue weighted by Crippen LogP contribution is 2.30. The molecule has 8 nitrogen and oxygen atoms in total. The summed E-state index contributed by atoms with van der Waals surface area (Å²) in [6.07, 6.45) is 3.01. The lowest BCUT2D eigenvalue weighted by atomic mass is 10.2. The maximum atomic E-state index is 12.2. The fourth-order valence-electron chi connectivity index (χ4n) is 2.45. The Hall–Kier alpha value is -2.98. The van der Waals surface area contributed by atoms with Crippen LogP contribution in [0.25, 0.3) is 16.8 Å². The van der Waals surface area contributed by atoms with Gasteiger partial charge < -0.3 is 14.5 Å². The molecule has 30 heavy (non-hydrogen) atoms. The van der Waals surface area contributed by atoms with Gasteiger partial charge in [-0.25, -0.2) is 9.78 Å². The number of aryl methyl sites for hydroxylation is 2. The van der Waals surface area contributed by atoms with Crippen LogP contribution in [0.3, 0.4) is 0 Å². The van der Waals surface area contributed by atoms with Crippen LogP contribution in [0, 0.1) is 13.8 Å². The Balaban J connectivity index is 1.50. The number of rotatable bonds is 8. The third-order valence-electron chi connectivity index (χ3n) is 3.72. The van der Waals surface area contributed by atoms with E-state index in [0.717, 1.165) is 32.9 Å². The molecule has 0 radical (unpaired) electrons. The van der Waals surface area contributed by atoms with Gasteiger partial charge in [0.2, 0.25) is 5.91 Å². The van der Waals surface area contributed by atoms with E-state index < -0.39 is 5.97 Å². The molecule has 0 fully saturated rings. The summed E-state index contributed by atoms with van der Waals surface area (Å²) in [7, 11) is 0. The molecule has 0 atom stereocenters. The van der Waals surface area contributed by atoms with E-state index in [2.05, 4.69) is 20.5 Å². The molecule has 0 unspecified atom stereocenters. The van der Waals surface area contributed by atoms with E-state index in [1.54, 1.807) is 37.3 Å². The van der Waals surface area contributed by atoms with Crippen molar-refractivity contribution < 1.29 is 18.7 Å². The van der Waals surface area contributed by atoms with Gasteiger partial charge in [-0.2, -0.15) is 0 Å². The highest BCUT2D eigenvalue weighted by Gasteiger charge is 2.16. The molecule has 0 aliphatic rings. The van der Waals surface area contributed by atoms with Gasteiger partial charge in [0.25, 0.3) is 11.1 Å². The average Bonchev–Trinajstić information content (AvgIpc) is 3.31. The van der Waals surface area contributed by atoms with Gasteiger partial charge in [0.1, 0.15) is 4.88 Å². The average molecular weight is 445 g/mol. The first kappa shape index (κ1) is 21.7. The van der Waals surface area contributed by atoms with E-state index >= 15 is 0 Å². The summed E-state index contributed by atoms with van der Waals surface area (Å²) in [6.45, 7) is 5.89. The zero-order chi connectivity index (χ0) is 21.5. The maximum Gasteiger partial charge on any atom is 0.330 e. The molecule has 3 rings (SSSR count). The Morgan fingerprint density at radius 3 is 2.67 bits per heavy atom. The van der Waals surface area contributed by atoms with E-state index in [4.69, 9.17) is 9.15 Å². The van der Waals surface area contributed by atoms with Gasteiger partial charge in [0.15, 0.2) is 0 Å². The molecule has 156 valence electrons. The number of nitrogens with zero attached hydrogens (tertiary/aromatic N) is 3. The van der Waals surface area contributed by atoms with Crippen molar-refractivity contribution in [2.24, 2.45) is 0 Å². The fraction of sp³-hybridized carbons (Fsp3) is 0.250. The number of amides is 1. The molecular formula is C20H20N4O4S2. The Labute approximate surface area is 181 Å². The standard InChI is InChI=1S/C20H20N4O4S2/c1-4-27-17(26)10-7-14-5-8-15(9-6-14)22-16(25)11-29-20-24-23-19(28-20)18-12(2)21-13(3)30-18/h5-10H,4,11H2,1-3H3,(H,22,25)/b10-7+. The molecular weight excluding hydrogens is 424 g/mol. The van der Waals surface area contributed by atoms with Crippen molar-refractivity contribution in [1.82, 2.24) is 15.2 Å². The maximum absolute atomic E-state index is 12.2. The second kappa shape index (κ2) is 10.2. The van der Waals surface area contributed by atoms with Crippen LogP contribution >= 0.6 is 23.1 Å². The second-order valence-corrected chi connectivity index (χ2v) is 8.19. The summed E-state index contributed by atoms with van der Waals surface area (Å²) in [5.41, 5.74) is 2.31. The molecule has 0 aliphatic heterocycles. The lowest BCUT2D eigenvalue weighted by Gasteiger charge is -2.04. The van der Waals surface area contributed by atoms with E-state index in [-0.39, 0.29) is 11.7 Å². The van der Waals surface area contributed by atoms with Crippen LogP contribution in [-0.2, 0) is 14.3 Å². The van der Waals surface area contributed by atoms with Gasteiger partial charge in [-0.15, -0.1) is 21.5 Å². The Bertz CT molecular complexity index is 1060. The van der Waals surface area contributed by atoms with E-state index in [0.29, 0.717) is 23.4 Å². The van der Waals surface area contributed by atoms with Crippen molar-refractivity contribution in [3.63, 3.8) is 0 Å². The number of benzene rings is 1. The van der Waals surface area contributed by atoms with Crippen molar-refractivity contribution in [3.05, 3.63) is 46.6 Å². The molecule has 0 saturated heterocycles. The summed E-state index contributed by atoms with van der Waals surface area (Å²) in [5, 5.41) is 12.1. The van der Waals surface area contributed by atoms with Crippen molar-refractivity contribution in [3.8, 4) is 10.8 Å². The van der Waals surface area contributed by atoms with E-state index in [9.17, 15) is 9.59 Å². The predicted molar refractivity (Wildman–Crippen MR) is 116 cm³/mol. The summed E-state index contributed by atoms with van der Waals surface area (Å²) >= 11 is 2.65. The first-order chi connectivity index (χ1) is 14.4. The second-order valence-electron chi connectivity index (χ2n) is 6.06. The predicted octanol–water partition coefficient (Wildman–Crippen LogP) is 4.12. The molecule has 3 aromatic rings. The Kier molecular flexibility index (Phi) is 7.36. The highest BCUT2D eigenvalue weighted by molar-refractivity contribution is 7.99. The summed E-state index contributed by atoms with van der Waals surface area (Å²) < 4.78 is 10.5. The van der Waals surface area contributed by atoms with Crippen LogP contribution in [-0.4, -0.2) is 39.4 Å². The van der Waals surface area contributed by atoms with Gasteiger partial charge in [0.05, 0.1) is 23.1 Å². The lowest BCUT2D eigenvalue weighted by Crippen LogP contribution is -2.13. The van der Waals surface area contributed by atoms with Gasteiger partial charge >= 0.3 is 5.97 Å². The van der Waals surface area contributed by atoms with Crippen LogP contribution in [0.1, 0.15) is 23.2 Å². The normalized spacial score (nSPS) is 11.0. The number of hydrogen-bond donors (Lipinski definition) is 1. The summed E-state index contributed by atoms with van der Waals surface area (Å²) in [4.78, 5) is 28.7. The van der Waals surface area contributed by atoms with Gasteiger partial charge in [-0.3, -0.25) is 4.79 Å². The van der Waals surface area contributed by atoms with Crippen molar-refractivity contribution in [2.45, 2.75) is 26.0 Å². The van der Waals surface area contributed by atoms with Crippen molar-refractivity contribution >= 4 is 46.7 Å². The number of carbonyl (C=O) groups is 2. The Morgan fingerprint density at radius 1 is 1.23 bits per heavy atom. The number of aromatic nitrogens is 3. The molecule has 0 saturated carbocycles. The molecule has 0 aliphatic carbocycles. The van der Waals surface area contributed by atoms with E-state index in [1.807, 2.05) is 13.8 Å². The molecule has 1 N–H and O–H groups in total. The number of carbonyl (C=O) groups excluding carboxylic acids is 2. The fourth-order valence-corrected chi connectivity index (χ4v) is 3.85. The smallest absolute Gasteiger partial charge is 0.330 e. The molecule has 2 aromatic heterocycles. The molecule has 2 heterocycles. The van der Waals surface area contributed by atoms with Crippen LogP contribution in [0.4, 0.5) is 5.69 Å². The molecule has 0 bridgehead atoms. The quantitative estimate of drug-likeness (QED) is 0.314. The zero-order valence-electron chi connectivity index (χ0n) is 16.7. The molecule has 1 aromatic carbocycles. The van der Waals surface area contributed by atoms with E-state index in [1.165, 1.54) is 17.4 Å². The number of thioether (sulfide) groups is 1. The third kappa shape index (κ3) is 6.01. The number of anilines is 1. The number of thiazole rings is 1. The number of hydrogen-bond acceptors (Lipinski definition) is 9. The van der Waals surface area contributed by atoms with Crippen LogP contribution in [0.15, 0.2) is 40.0 Å². The molecule has 1 amide bonds. The highest BCUT2D eigenvalue weighted by atomic mass is 32.2. The first-order valence-electron chi connectivity index (χ1n) is 9.10. The largest absolute Gasteiger partial charge is 0.463 e. The van der Waals surface area contributed by atoms with Gasteiger partial charge in [-0.1, -0.05) is 23.9 Å². The molecule has 10 heteroatoms. The minimum absolute atomic E-state index is 0.132. The topological polar surface area (TPSA) is 107 Å². The van der Waals surface area contributed by atoms with Crippen molar-refractivity contribution in [1.29, 1.82) is 0 Å².